The monoisotopic (exact) mass is 301 g/mol. The molecule has 2 aromatic heterocycles. The Bertz CT molecular complexity index is 611. The Hall–Kier alpha value is -1.55. The molecule has 0 atom stereocenters. The van der Waals surface area contributed by atoms with Crippen molar-refractivity contribution < 1.29 is 33.9 Å². The van der Waals surface area contributed by atoms with Crippen molar-refractivity contribution in [2.75, 3.05) is 0 Å². The van der Waals surface area contributed by atoms with Gasteiger partial charge in [0.2, 0.25) is 0 Å². The number of rotatable bonds is 1. The summed E-state index contributed by atoms with van der Waals surface area (Å²) in [7, 11) is -4.94. The van der Waals surface area contributed by atoms with E-state index < -0.39 is 10.2 Å². The van der Waals surface area contributed by atoms with Crippen LogP contribution in [0, 0.1) is 10.2 Å². The molecule has 0 spiro atoms. The highest BCUT2D eigenvalue weighted by atomic mass is 35.7. The first kappa shape index (κ1) is 13.9. The second kappa shape index (κ2) is 5.61. The van der Waals surface area contributed by atoms with E-state index in [1.165, 1.54) is 0 Å². The van der Waals surface area contributed by atoms with Crippen LogP contribution in [0.2, 0.25) is 0 Å². The molecule has 100 valence electrons. The molecule has 0 bridgehead atoms. The summed E-state index contributed by atoms with van der Waals surface area (Å²) in [6.45, 7) is 0. The average Bonchev–Trinajstić information content (AvgIpc) is 2.95. The van der Waals surface area contributed by atoms with Crippen molar-refractivity contribution in [3.8, 4) is 11.5 Å². The molecule has 2 heterocycles. The van der Waals surface area contributed by atoms with E-state index in [1.807, 2.05) is 35.2 Å². The van der Waals surface area contributed by atoms with Crippen molar-refractivity contribution in [2.24, 2.45) is 0 Å². The summed E-state index contributed by atoms with van der Waals surface area (Å²) < 4.78 is 34.0. The van der Waals surface area contributed by atoms with E-state index >= 15 is 0 Å². The zero-order valence-corrected chi connectivity index (χ0v) is 10.9. The minimum Gasteiger partial charge on any atom is -0.237 e. The van der Waals surface area contributed by atoms with Gasteiger partial charge in [0.05, 0.1) is 5.51 Å². The number of hydrogen-bond acceptors (Lipinski definition) is 6. The predicted molar refractivity (Wildman–Crippen MR) is 56.0 cm³/mol. The van der Waals surface area contributed by atoms with Crippen LogP contribution >= 0.6 is 11.3 Å². The maximum atomic E-state index is 8.49. The summed E-state index contributed by atoms with van der Waals surface area (Å²) in [5.41, 5.74) is 5.01. The number of aromatic nitrogens is 3. The van der Waals surface area contributed by atoms with Crippen LogP contribution in [0.3, 0.4) is 0 Å². The number of halogens is 1. The van der Waals surface area contributed by atoms with Gasteiger partial charge in [-0.15, -0.1) is 21.6 Å². The summed E-state index contributed by atoms with van der Waals surface area (Å²) >= 11 is 1.59. The quantitative estimate of drug-likeness (QED) is 0.523. The number of benzene rings is 1. The molecule has 19 heavy (non-hydrogen) atoms. The standard InChI is InChI=1S/C10H7N3S.ClHO4/c1-2-4-8-7(3-1)12-10(13-8)9-5-14-6-11-9;2-1(3,4)5/h1-6H,(H,12,13);(H,2,3,4,5). The fourth-order valence-electron chi connectivity index (χ4n) is 1.47. The van der Waals surface area contributed by atoms with Crippen LogP contribution in [0.15, 0.2) is 35.2 Å². The summed E-state index contributed by atoms with van der Waals surface area (Å²) in [4.78, 5) is 10.8. The largest absolute Gasteiger partial charge is 0.305 e. The van der Waals surface area contributed by atoms with Crippen molar-refractivity contribution in [2.45, 2.75) is 0 Å². The van der Waals surface area contributed by atoms with Crippen molar-refractivity contribution in [1.82, 2.24) is 9.97 Å². The zero-order chi connectivity index (χ0) is 13.9. The number of H-pyrrole nitrogens is 2. The second-order valence-corrected chi connectivity index (χ2v) is 4.90. The van der Waals surface area contributed by atoms with Gasteiger partial charge in [-0.05, 0) is 12.1 Å². The van der Waals surface area contributed by atoms with Crippen molar-refractivity contribution in [3.63, 3.8) is 0 Å². The minimum absolute atomic E-state index is 0.964. The van der Waals surface area contributed by atoms with E-state index in [4.69, 9.17) is 18.6 Å². The average molecular weight is 302 g/mol. The van der Waals surface area contributed by atoms with Crippen LogP contribution in [0.4, 0.5) is 0 Å². The number of nitrogens with zero attached hydrogens (tertiary/aromatic N) is 1. The SMILES string of the molecule is [O-][Cl+3]([O-])([O-])[O-].c1ccc2[nH+]c(-c3cscn3)[nH]c2c1. The van der Waals surface area contributed by atoms with Gasteiger partial charge in [0.15, 0.2) is 16.7 Å². The van der Waals surface area contributed by atoms with Crippen LogP contribution in [-0.4, -0.2) is 9.97 Å². The number of para-hydroxylation sites is 2. The van der Waals surface area contributed by atoms with E-state index in [-0.39, 0.29) is 0 Å². The van der Waals surface area contributed by atoms with E-state index in [9.17, 15) is 0 Å². The molecule has 7 nitrogen and oxygen atoms in total. The van der Waals surface area contributed by atoms with Crippen LogP contribution in [0.5, 0.6) is 0 Å². The smallest absolute Gasteiger partial charge is 0.237 e. The number of hydrogen-bond donors (Lipinski definition) is 1. The van der Waals surface area contributed by atoms with E-state index in [0.29, 0.717) is 0 Å². The molecule has 0 aliphatic rings. The topological polar surface area (TPSA) is 135 Å². The lowest BCUT2D eigenvalue weighted by atomic mass is 10.3. The van der Waals surface area contributed by atoms with Gasteiger partial charge in [0, 0.05) is 5.38 Å². The van der Waals surface area contributed by atoms with Crippen molar-refractivity contribution in [1.29, 1.82) is 0 Å². The number of thiazole rings is 1. The van der Waals surface area contributed by atoms with Gasteiger partial charge >= 0.3 is 5.82 Å². The summed E-state index contributed by atoms with van der Waals surface area (Å²) in [5, 5.41) is 2.02. The number of fused-ring (bicyclic) bond motifs is 1. The summed E-state index contributed by atoms with van der Waals surface area (Å²) in [6, 6.07) is 8.11. The van der Waals surface area contributed by atoms with Crippen LogP contribution < -0.4 is 23.6 Å². The Labute approximate surface area is 113 Å². The van der Waals surface area contributed by atoms with Gasteiger partial charge in [-0.2, -0.15) is 0 Å². The second-order valence-electron chi connectivity index (χ2n) is 3.42. The highest BCUT2D eigenvalue weighted by Gasteiger charge is 2.12. The normalized spacial score (nSPS) is 11.2. The van der Waals surface area contributed by atoms with E-state index in [0.717, 1.165) is 22.6 Å². The Morgan fingerprint density at radius 3 is 2.42 bits per heavy atom. The number of imidazole rings is 1. The summed E-state index contributed by atoms with van der Waals surface area (Å²) in [5.74, 6) is 0.965. The first-order valence-electron chi connectivity index (χ1n) is 4.94. The van der Waals surface area contributed by atoms with Gasteiger partial charge in [0.25, 0.3) is 0 Å². The lowest BCUT2D eigenvalue weighted by Gasteiger charge is -2.17. The third-order valence-electron chi connectivity index (χ3n) is 2.13. The highest BCUT2D eigenvalue weighted by Crippen LogP contribution is 2.15. The van der Waals surface area contributed by atoms with Gasteiger partial charge in [-0.1, -0.05) is 12.1 Å². The molecular weight excluding hydrogens is 294 g/mol. The summed E-state index contributed by atoms with van der Waals surface area (Å²) in [6.07, 6.45) is 0. The molecule has 0 aliphatic carbocycles. The molecular formula is C10H8ClN3O4S. The van der Waals surface area contributed by atoms with Crippen LogP contribution in [0.25, 0.3) is 22.6 Å². The lowest BCUT2D eigenvalue weighted by Crippen LogP contribution is -2.68. The maximum absolute atomic E-state index is 8.49. The Kier molecular flexibility index (Phi) is 4.10. The van der Waals surface area contributed by atoms with Gasteiger partial charge in [-0.3, -0.25) is 0 Å². The molecule has 3 aromatic rings. The van der Waals surface area contributed by atoms with E-state index in [2.05, 4.69) is 15.0 Å². The first-order chi connectivity index (χ1) is 8.93. The number of nitrogens with one attached hydrogen (secondary N) is 2. The fraction of sp³-hybridized carbons (Fsp3) is 0. The van der Waals surface area contributed by atoms with E-state index in [1.54, 1.807) is 11.3 Å². The van der Waals surface area contributed by atoms with Gasteiger partial charge in [-0.25, -0.2) is 33.6 Å². The number of aromatic amines is 2. The molecule has 1 aromatic carbocycles. The predicted octanol–water partition coefficient (Wildman–Crippen LogP) is -2.65. The van der Waals surface area contributed by atoms with Gasteiger partial charge in [0.1, 0.15) is 0 Å². The van der Waals surface area contributed by atoms with Crippen molar-refractivity contribution in [3.05, 3.63) is 35.2 Å². The lowest BCUT2D eigenvalue weighted by molar-refractivity contribution is -2.00. The molecule has 0 saturated heterocycles. The maximum Gasteiger partial charge on any atom is 0.305 e. The molecule has 2 N–H and O–H groups in total. The van der Waals surface area contributed by atoms with Gasteiger partial charge < -0.3 is 0 Å². The highest BCUT2D eigenvalue weighted by molar-refractivity contribution is 7.07. The molecule has 0 saturated carbocycles. The molecule has 0 amide bonds. The third kappa shape index (κ3) is 4.24. The Morgan fingerprint density at radius 1 is 1.16 bits per heavy atom. The minimum atomic E-state index is -4.94. The fourth-order valence-corrected chi connectivity index (χ4v) is 2.01. The molecule has 0 radical (unpaired) electrons. The molecule has 0 unspecified atom stereocenters. The Balaban J connectivity index is 0.000000232. The molecule has 0 aliphatic heterocycles. The molecule has 0 fully saturated rings. The molecule has 9 heteroatoms. The van der Waals surface area contributed by atoms with Crippen LogP contribution in [0.1, 0.15) is 0 Å². The zero-order valence-electron chi connectivity index (χ0n) is 9.33. The van der Waals surface area contributed by atoms with Crippen molar-refractivity contribution >= 4 is 22.4 Å². The first-order valence-corrected chi connectivity index (χ1v) is 7.11. The van der Waals surface area contributed by atoms with Crippen LogP contribution in [-0.2, 0) is 0 Å². The third-order valence-corrected chi connectivity index (χ3v) is 2.72. The Morgan fingerprint density at radius 2 is 1.84 bits per heavy atom. The molecule has 3 rings (SSSR count).